The fraction of sp³-hybridized carbons (Fsp3) is 0.222. The number of thioether (sulfide) groups is 1. The molecule has 0 saturated carbocycles. The summed E-state index contributed by atoms with van der Waals surface area (Å²) in [5, 5.41) is 11.9. The number of amides is 2. The van der Waals surface area contributed by atoms with Gasteiger partial charge in [0.2, 0.25) is 5.91 Å². The summed E-state index contributed by atoms with van der Waals surface area (Å²) in [6, 6.07) is 8.79. The van der Waals surface area contributed by atoms with E-state index in [-0.39, 0.29) is 17.4 Å². The number of rotatable bonds is 5. The average molecular weight is 419 g/mol. The number of hydrazine groups is 1. The largest absolute Gasteiger partial charge is 0.287 e. The Bertz CT molecular complexity index is 1010. The lowest BCUT2D eigenvalue weighted by molar-refractivity contribution is -0.119. The number of halogens is 1. The van der Waals surface area contributed by atoms with Crippen molar-refractivity contribution in [1.82, 2.24) is 30.8 Å². The molecule has 2 aromatic heterocycles. The van der Waals surface area contributed by atoms with Crippen molar-refractivity contribution in [2.75, 3.05) is 5.75 Å². The second kappa shape index (κ2) is 8.49. The Morgan fingerprint density at radius 1 is 1.21 bits per heavy atom. The molecule has 28 heavy (non-hydrogen) atoms. The standard InChI is InChI=1S/C18H19ClN6O2S/c1-10-17(11(2)25(3)24-10)14-8-15(21-20-14)18(27)23-22-16(26)9-28-13-6-4-12(19)5-7-13/h4-8H,9H2,1-3H3,(H,20,21)(H,22,26)(H,23,27). The molecular formula is C18H19ClN6O2S. The molecule has 0 radical (unpaired) electrons. The molecule has 0 atom stereocenters. The Balaban J connectivity index is 1.54. The van der Waals surface area contributed by atoms with Gasteiger partial charge in [-0.2, -0.15) is 10.2 Å². The Hall–Kier alpha value is -2.78. The van der Waals surface area contributed by atoms with E-state index in [1.165, 1.54) is 11.8 Å². The van der Waals surface area contributed by atoms with Gasteiger partial charge in [-0.25, -0.2) is 0 Å². The van der Waals surface area contributed by atoms with Crippen molar-refractivity contribution in [3.05, 3.63) is 52.4 Å². The quantitative estimate of drug-likeness (QED) is 0.436. The molecule has 8 nitrogen and oxygen atoms in total. The molecule has 2 heterocycles. The van der Waals surface area contributed by atoms with E-state index in [4.69, 9.17) is 11.6 Å². The minimum Gasteiger partial charge on any atom is -0.272 e. The maximum absolute atomic E-state index is 12.2. The molecule has 0 unspecified atom stereocenters. The van der Waals surface area contributed by atoms with E-state index in [2.05, 4.69) is 26.1 Å². The van der Waals surface area contributed by atoms with Gasteiger partial charge in [-0.05, 0) is 44.2 Å². The van der Waals surface area contributed by atoms with Crippen LogP contribution in [0.2, 0.25) is 5.02 Å². The van der Waals surface area contributed by atoms with Gasteiger partial charge in [-0.3, -0.25) is 30.2 Å². The number of aryl methyl sites for hydroxylation is 2. The van der Waals surface area contributed by atoms with Gasteiger partial charge in [-0.15, -0.1) is 11.8 Å². The third-order valence-electron chi connectivity index (χ3n) is 4.09. The number of benzene rings is 1. The van der Waals surface area contributed by atoms with E-state index in [1.54, 1.807) is 22.9 Å². The van der Waals surface area contributed by atoms with Gasteiger partial charge in [0.15, 0.2) is 0 Å². The van der Waals surface area contributed by atoms with Gasteiger partial charge < -0.3 is 0 Å². The van der Waals surface area contributed by atoms with Gasteiger partial charge >= 0.3 is 0 Å². The highest BCUT2D eigenvalue weighted by molar-refractivity contribution is 8.00. The van der Waals surface area contributed by atoms with Crippen LogP contribution in [0.4, 0.5) is 0 Å². The monoisotopic (exact) mass is 418 g/mol. The van der Waals surface area contributed by atoms with E-state index < -0.39 is 5.91 Å². The first kappa shape index (κ1) is 20.0. The van der Waals surface area contributed by atoms with Crippen LogP contribution >= 0.6 is 23.4 Å². The summed E-state index contributed by atoms with van der Waals surface area (Å²) in [5.74, 6) is -0.653. The first-order chi connectivity index (χ1) is 13.3. The van der Waals surface area contributed by atoms with Crippen molar-refractivity contribution >= 4 is 35.2 Å². The molecule has 3 aromatic rings. The Morgan fingerprint density at radius 3 is 2.57 bits per heavy atom. The topological polar surface area (TPSA) is 105 Å². The molecule has 3 N–H and O–H groups in total. The number of hydrogen-bond acceptors (Lipinski definition) is 5. The summed E-state index contributed by atoms with van der Waals surface area (Å²) in [7, 11) is 1.85. The number of nitrogens with zero attached hydrogens (tertiary/aromatic N) is 3. The zero-order valence-corrected chi connectivity index (χ0v) is 17.1. The highest BCUT2D eigenvalue weighted by Crippen LogP contribution is 2.25. The predicted molar refractivity (Wildman–Crippen MR) is 108 cm³/mol. The molecule has 146 valence electrons. The number of nitrogens with one attached hydrogen (secondary N) is 3. The lowest BCUT2D eigenvalue weighted by atomic mass is 10.1. The van der Waals surface area contributed by atoms with Gasteiger partial charge in [0, 0.05) is 28.2 Å². The number of aromatic amines is 1. The average Bonchev–Trinajstić information content (AvgIpc) is 3.24. The number of hydrogen-bond donors (Lipinski definition) is 3. The van der Waals surface area contributed by atoms with Crippen LogP contribution in [0.15, 0.2) is 35.2 Å². The molecular weight excluding hydrogens is 400 g/mol. The molecule has 0 aliphatic rings. The van der Waals surface area contributed by atoms with E-state index in [1.807, 2.05) is 33.0 Å². The van der Waals surface area contributed by atoms with Crippen molar-refractivity contribution in [3.63, 3.8) is 0 Å². The van der Waals surface area contributed by atoms with Crippen molar-refractivity contribution in [2.45, 2.75) is 18.7 Å². The van der Waals surface area contributed by atoms with Crippen LogP contribution in [-0.2, 0) is 11.8 Å². The minimum atomic E-state index is -0.484. The Morgan fingerprint density at radius 2 is 1.93 bits per heavy atom. The molecule has 0 saturated heterocycles. The highest BCUT2D eigenvalue weighted by atomic mass is 35.5. The van der Waals surface area contributed by atoms with Gasteiger partial charge in [0.1, 0.15) is 5.69 Å². The fourth-order valence-corrected chi connectivity index (χ4v) is 3.44. The Kier molecular flexibility index (Phi) is 6.05. The van der Waals surface area contributed by atoms with Crippen molar-refractivity contribution < 1.29 is 9.59 Å². The SMILES string of the molecule is Cc1nn(C)c(C)c1-c1cc(C(=O)NNC(=O)CSc2ccc(Cl)cc2)[nH]n1. The first-order valence-electron chi connectivity index (χ1n) is 8.38. The maximum Gasteiger partial charge on any atom is 0.287 e. The molecule has 1 aromatic carbocycles. The molecule has 0 aliphatic heterocycles. The molecule has 0 bridgehead atoms. The second-order valence-corrected chi connectivity index (χ2v) is 7.57. The summed E-state index contributed by atoms with van der Waals surface area (Å²) in [5.41, 5.74) is 8.28. The highest BCUT2D eigenvalue weighted by Gasteiger charge is 2.17. The summed E-state index contributed by atoms with van der Waals surface area (Å²) < 4.78 is 1.76. The molecule has 0 spiro atoms. The van der Waals surface area contributed by atoms with E-state index in [0.29, 0.717) is 10.7 Å². The number of H-pyrrole nitrogens is 1. The zero-order valence-electron chi connectivity index (χ0n) is 15.5. The lowest BCUT2D eigenvalue weighted by Crippen LogP contribution is -2.42. The van der Waals surface area contributed by atoms with Crippen LogP contribution in [0.3, 0.4) is 0 Å². The van der Waals surface area contributed by atoms with E-state index in [9.17, 15) is 9.59 Å². The van der Waals surface area contributed by atoms with Crippen LogP contribution < -0.4 is 10.9 Å². The van der Waals surface area contributed by atoms with Crippen LogP contribution in [0.1, 0.15) is 21.9 Å². The predicted octanol–water partition coefficient (Wildman–Crippen LogP) is 2.63. The smallest absolute Gasteiger partial charge is 0.272 e. The third kappa shape index (κ3) is 4.55. The van der Waals surface area contributed by atoms with E-state index >= 15 is 0 Å². The van der Waals surface area contributed by atoms with Crippen LogP contribution in [0.5, 0.6) is 0 Å². The Labute approximate surface area is 171 Å². The molecule has 0 fully saturated rings. The fourth-order valence-electron chi connectivity index (χ4n) is 2.62. The van der Waals surface area contributed by atoms with Crippen molar-refractivity contribution in [3.8, 4) is 11.3 Å². The van der Waals surface area contributed by atoms with E-state index in [0.717, 1.165) is 21.8 Å². The maximum atomic E-state index is 12.2. The molecule has 0 aliphatic carbocycles. The molecule has 10 heteroatoms. The van der Waals surface area contributed by atoms with Gasteiger partial charge in [0.25, 0.3) is 5.91 Å². The van der Waals surface area contributed by atoms with Crippen LogP contribution in [0, 0.1) is 13.8 Å². The third-order valence-corrected chi connectivity index (χ3v) is 5.35. The number of carbonyl (C=O) groups excluding carboxylic acids is 2. The summed E-state index contributed by atoms with van der Waals surface area (Å²) in [6.45, 7) is 3.82. The van der Waals surface area contributed by atoms with Crippen molar-refractivity contribution in [1.29, 1.82) is 0 Å². The first-order valence-corrected chi connectivity index (χ1v) is 9.75. The zero-order chi connectivity index (χ0) is 20.3. The lowest BCUT2D eigenvalue weighted by Gasteiger charge is -2.06. The van der Waals surface area contributed by atoms with Crippen LogP contribution in [0.25, 0.3) is 11.3 Å². The summed E-state index contributed by atoms with van der Waals surface area (Å²) in [6.07, 6.45) is 0. The second-order valence-electron chi connectivity index (χ2n) is 6.08. The minimum absolute atomic E-state index is 0.157. The summed E-state index contributed by atoms with van der Waals surface area (Å²) in [4.78, 5) is 25.1. The van der Waals surface area contributed by atoms with Gasteiger partial charge in [-0.1, -0.05) is 11.6 Å². The van der Waals surface area contributed by atoms with Crippen molar-refractivity contribution in [2.24, 2.45) is 7.05 Å². The number of aromatic nitrogens is 4. The van der Waals surface area contributed by atoms with Crippen LogP contribution in [-0.4, -0.2) is 37.5 Å². The number of carbonyl (C=O) groups is 2. The normalized spacial score (nSPS) is 10.7. The van der Waals surface area contributed by atoms with Gasteiger partial charge in [0.05, 0.1) is 17.1 Å². The summed E-state index contributed by atoms with van der Waals surface area (Å²) >= 11 is 7.17. The molecule has 2 amide bonds. The molecule has 3 rings (SSSR count).